The number of anilines is 1. The van der Waals surface area contributed by atoms with Gasteiger partial charge in [-0.05, 0) is 37.5 Å². The second-order valence-corrected chi connectivity index (χ2v) is 6.70. The standard InChI is InChI=1S/C21H24N2O2/c1-16-9-11-19(12-10-16)22-21(25)18-8-5-13-23(15-18)20(24)14-17-6-3-2-4-7-17/h2-4,6-7,9-12,18H,5,8,13-15H2,1H3,(H,22,25). The lowest BCUT2D eigenvalue weighted by Gasteiger charge is -2.32. The zero-order valence-electron chi connectivity index (χ0n) is 14.6. The molecule has 0 bridgehead atoms. The highest BCUT2D eigenvalue weighted by molar-refractivity contribution is 5.93. The van der Waals surface area contributed by atoms with Crippen LogP contribution in [0.25, 0.3) is 0 Å². The molecule has 1 heterocycles. The molecule has 3 rings (SSSR count). The third kappa shape index (κ3) is 4.69. The summed E-state index contributed by atoms with van der Waals surface area (Å²) in [7, 11) is 0. The first kappa shape index (κ1) is 17.2. The maximum Gasteiger partial charge on any atom is 0.229 e. The third-order valence-electron chi connectivity index (χ3n) is 4.66. The Hall–Kier alpha value is -2.62. The quantitative estimate of drug-likeness (QED) is 0.930. The van der Waals surface area contributed by atoms with Crippen LogP contribution in [-0.4, -0.2) is 29.8 Å². The lowest BCUT2D eigenvalue weighted by molar-refractivity contribution is -0.133. The number of aryl methyl sites for hydroxylation is 1. The largest absolute Gasteiger partial charge is 0.342 e. The van der Waals surface area contributed by atoms with Crippen molar-refractivity contribution in [1.82, 2.24) is 4.90 Å². The number of likely N-dealkylation sites (tertiary alicyclic amines) is 1. The van der Waals surface area contributed by atoms with E-state index in [1.54, 1.807) is 0 Å². The van der Waals surface area contributed by atoms with Gasteiger partial charge >= 0.3 is 0 Å². The Kier molecular flexibility index (Phi) is 5.49. The number of hydrogen-bond acceptors (Lipinski definition) is 2. The number of hydrogen-bond donors (Lipinski definition) is 1. The number of benzene rings is 2. The first-order valence-corrected chi connectivity index (χ1v) is 8.81. The molecule has 1 aliphatic heterocycles. The zero-order valence-corrected chi connectivity index (χ0v) is 14.6. The van der Waals surface area contributed by atoms with Gasteiger partial charge in [0.15, 0.2) is 0 Å². The van der Waals surface area contributed by atoms with Gasteiger partial charge in [0.05, 0.1) is 12.3 Å². The normalized spacial score (nSPS) is 17.2. The maximum atomic E-state index is 12.5. The average Bonchev–Trinajstić information content (AvgIpc) is 2.64. The van der Waals surface area contributed by atoms with Gasteiger partial charge in [-0.25, -0.2) is 0 Å². The van der Waals surface area contributed by atoms with Crippen LogP contribution in [-0.2, 0) is 16.0 Å². The fraction of sp³-hybridized carbons (Fsp3) is 0.333. The van der Waals surface area contributed by atoms with E-state index in [2.05, 4.69) is 5.32 Å². The molecule has 0 aliphatic carbocycles. The fourth-order valence-electron chi connectivity index (χ4n) is 3.18. The Bertz CT molecular complexity index is 725. The monoisotopic (exact) mass is 336 g/mol. The number of nitrogens with one attached hydrogen (secondary N) is 1. The van der Waals surface area contributed by atoms with Crippen LogP contribution in [0.5, 0.6) is 0 Å². The molecule has 0 saturated carbocycles. The SMILES string of the molecule is Cc1ccc(NC(=O)C2CCCN(C(=O)Cc3ccccc3)C2)cc1. The van der Waals surface area contributed by atoms with Crippen molar-refractivity contribution in [1.29, 1.82) is 0 Å². The van der Waals surface area contributed by atoms with Gasteiger partial charge in [-0.3, -0.25) is 9.59 Å². The van der Waals surface area contributed by atoms with Crippen molar-refractivity contribution in [2.45, 2.75) is 26.2 Å². The minimum atomic E-state index is -0.144. The molecule has 2 amide bonds. The van der Waals surface area contributed by atoms with E-state index in [0.29, 0.717) is 13.0 Å². The number of carbonyl (C=O) groups is 2. The molecule has 0 radical (unpaired) electrons. The summed E-state index contributed by atoms with van der Waals surface area (Å²) in [5.41, 5.74) is 2.98. The number of piperidine rings is 1. The average molecular weight is 336 g/mol. The van der Waals surface area contributed by atoms with Gasteiger partial charge in [0.25, 0.3) is 0 Å². The molecule has 0 spiro atoms. The van der Waals surface area contributed by atoms with Gasteiger partial charge in [-0.2, -0.15) is 0 Å². The second kappa shape index (κ2) is 7.97. The predicted molar refractivity (Wildman–Crippen MR) is 99.3 cm³/mol. The summed E-state index contributed by atoms with van der Waals surface area (Å²) < 4.78 is 0. The molecule has 2 aromatic rings. The van der Waals surface area contributed by atoms with E-state index in [9.17, 15) is 9.59 Å². The van der Waals surface area contributed by atoms with Crippen LogP contribution >= 0.6 is 0 Å². The van der Waals surface area contributed by atoms with Crippen LogP contribution in [0.1, 0.15) is 24.0 Å². The molecule has 25 heavy (non-hydrogen) atoms. The number of carbonyl (C=O) groups excluding carboxylic acids is 2. The molecule has 1 fully saturated rings. The van der Waals surface area contributed by atoms with Crippen molar-refractivity contribution in [3.05, 3.63) is 65.7 Å². The summed E-state index contributed by atoms with van der Waals surface area (Å²) >= 11 is 0. The van der Waals surface area contributed by atoms with E-state index < -0.39 is 0 Å². The summed E-state index contributed by atoms with van der Waals surface area (Å²) in [4.78, 5) is 26.9. The Labute approximate surface area is 148 Å². The Morgan fingerprint density at radius 3 is 2.52 bits per heavy atom. The minimum Gasteiger partial charge on any atom is -0.342 e. The molecule has 1 unspecified atom stereocenters. The van der Waals surface area contributed by atoms with Crippen molar-refractivity contribution < 1.29 is 9.59 Å². The van der Waals surface area contributed by atoms with Gasteiger partial charge in [-0.1, -0.05) is 48.0 Å². The predicted octanol–water partition coefficient (Wildman–Crippen LogP) is 3.41. The van der Waals surface area contributed by atoms with E-state index >= 15 is 0 Å². The number of amides is 2. The van der Waals surface area contributed by atoms with Crippen molar-refractivity contribution in [2.24, 2.45) is 5.92 Å². The zero-order chi connectivity index (χ0) is 17.6. The maximum absolute atomic E-state index is 12.5. The Morgan fingerprint density at radius 1 is 1.08 bits per heavy atom. The Balaban J connectivity index is 1.57. The van der Waals surface area contributed by atoms with Crippen molar-refractivity contribution >= 4 is 17.5 Å². The molecule has 1 aliphatic rings. The molecule has 130 valence electrons. The van der Waals surface area contributed by atoms with Gasteiger partial charge in [0, 0.05) is 18.8 Å². The number of rotatable bonds is 4. The van der Waals surface area contributed by atoms with Crippen molar-refractivity contribution in [3.63, 3.8) is 0 Å². The van der Waals surface area contributed by atoms with Crippen molar-refractivity contribution in [3.8, 4) is 0 Å². The lowest BCUT2D eigenvalue weighted by Crippen LogP contribution is -2.44. The van der Waals surface area contributed by atoms with Crippen LogP contribution in [0.4, 0.5) is 5.69 Å². The smallest absolute Gasteiger partial charge is 0.229 e. The topological polar surface area (TPSA) is 49.4 Å². The molecule has 4 nitrogen and oxygen atoms in total. The molecule has 1 saturated heterocycles. The van der Waals surface area contributed by atoms with Gasteiger partial charge in [0.1, 0.15) is 0 Å². The summed E-state index contributed by atoms with van der Waals surface area (Å²) in [6.07, 6.45) is 2.09. The lowest BCUT2D eigenvalue weighted by atomic mass is 9.96. The van der Waals surface area contributed by atoms with E-state index in [0.717, 1.165) is 36.2 Å². The molecule has 2 aromatic carbocycles. The molecule has 1 atom stereocenters. The van der Waals surface area contributed by atoms with E-state index in [-0.39, 0.29) is 17.7 Å². The van der Waals surface area contributed by atoms with Crippen molar-refractivity contribution in [2.75, 3.05) is 18.4 Å². The van der Waals surface area contributed by atoms with Gasteiger partial charge < -0.3 is 10.2 Å². The summed E-state index contributed by atoms with van der Waals surface area (Å²) in [6, 6.07) is 17.5. The fourth-order valence-corrected chi connectivity index (χ4v) is 3.18. The molecule has 1 N–H and O–H groups in total. The molecular weight excluding hydrogens is 312 g/mol. The van der Waals surface area contributed by atoms with Crippen LogP contribution in [0.3, 0.4) is 0 Å². The Morgan fingerprint density at radius 2 is 1.80 bits per heavy atom. The highest BCUT2D eigenvalue weighted by Gasteiger charge is 2.28. The van der Waals surface area contributed by atoms with E-state index in [1.165, 1.54) is 0 Å². The summed E-state index contributed by atoms with van der Waals surface area (Å²) in [5, 5.41) is 2.97. The van der Waals surface area contributed by atoms with Crippen LogP contribution < -0.4 is 5.32 Å². The minimum absolute atomic E-state index is 0.000985. The molecule has 4 heteroatoms. The van der Waals surface area contributed by atoms with Gasteiger partial charge in [-0.15, -0.1) is 0 Å². The highest BCUT2D eigenvalue weighted by atomic mass is 16.2. The van der Waals surface area contributed by atoms with Crippen LogP contribution in [0.15, 0.2) is 54.6 Å². The first-order valence-electron chi connectivity index (χ1n) is 8.81. The van der Waals surface area contributed by atoms with Gasteiger partial charge in [0.2, 0.25) is 11.8 Å². The molecule has 0 aromatic heterocycles. The van der Waals surface area contributed by atoms with E-state index in [1.807, 2.05) is 66.4 Å². The van der Waals surface area contributed by atoms with E-state index in [4.69, 9.17) is 0 Å². The second-order valence-electron chi connectivity index (χ2n) is 6.70. The highest BCUT2D eigenvalue weighted by Crippen LogP contribution is 2.20. The summed E-state index contributed by atoms with van der Waals surface area (Å²) in [5.74, 6) is -0.0464. The third-order valence-corrected chi connectivity index (χ3v) is 4.66. The van der Waals surface area contributed by atoms with Crippen LogP contribution in [0, 0.1) is 12.8 Å². The molecular formula is C21H24N2O2. The van der Waals surface area contributed by atoms with Crippen LogP contribution in [0.2, 0.25) is 0 Å². The number of nitrogens with zero attached hydrogens (tertiary/aromatic N) is 1. The summed E-state index contributed by atoms with van der Waals surface area (Å²) in [6.45, 7) is 3.26. The first-order chi connectivity index (χ1) is 12.1.